The molecule has 2 aromatic rings. The minimum atomic E-state index is -0.285. The second kappa shape index (κ2) is 7.02. The minimum absolute atomic E-state index is 0.0254. The molecule has 1 aliphatic rings. The molecule has 0 bridgehead atoms. The van der Waals surface area contributed by atoms with Gasteiger partial charge in [0.15, 0.2) is 5.69 Å². The highest BCUT2D eigenvalue weighted by atomic mass is 16.2. The molecule has 2 N–H and O–H groups in total. The van der Waals surface area contributed by atoms with Crippen molar-refractivity contribution < 1.29 is 9.59 Å². The summed E-state index contributed by atoms with van der Waals surface area (Å²) in [6, 6.07) is 7.68. The fraction of sp³-hybridized carbons (Fsp3) is 0.412. The maximum absolute atomic E-state index is 12.7. The highest BCUT2D eigenvalue weighted by Gasteiger charge is 2.34. The molecule has 2 heterocycles. The lowest BCUT2D eigenvalue weighted by molar-refractivity contribution is -0.121. The molecule has 1 saturated heterocycles. The van der Waals surface area contributed by atoms with Crippen molar-refractivity contribution in [2.75, 3.05) is 24.5 Å². The van der Waals surface area contributed by atoms with Crippen LogP contribution in [0.25, 0.3) is 0 Å². The third kappa shape index (κ3) is 3.53. The highest BCUT2D eigenvalue weighted by Crippen LogP contribution is 2.21. The van der Waals surface area contributed by atoms with Gasteiger partial charge in [-0.25, -0.2) is 0 Å². The van der Waals surface area contributed by atoms with Gasteiger partial charge in [0.25, 0.3) is 5.91 Å². The van der Waals surface area contributed by atoms with Gasteiger partial charge in [0.05, 0.1) is 12.7 Å². The van der Waals surface area contributed by atoms with E-state index in [1.165, 1.54) is 4.68 Å². The van der Waals surface area contributed by atoms with Crippen molar-refractivity contribution in [3.63, 3.8) is 0 Å². The molecular weight excluding hydrogens is 320 g/mol. The van der Waals surface area contributed by atoms with Gasteiger partial charge in [0, 0.05) is 24.8 Å². The predicted octanol–water partition coefficient (Wildman–Crippen LogP) is 0.423. The molecule has 0 unspecified atom stereocenters. The van der Waals surface area contributed by atoms with Gasteiger partial charge in [0.1, 0.15) is 6.54 Å². The topological polar surface area (TPSA) is 97.3 Å². The fourth-order valence-corrected chi connectivity index (χ4v) is 2.88. The smallest absolute Gasteiger partial charge is 0.276 e. The third-order valence-corrected chi connectivity index (χ3v) is 4.31. The molecule has 0 aliphatic carbocycles. The van der Waals surface area contributed by atoms with E-state index in [2.05, 4.69) is 10.3 Å². The van der Waals surface area contributed by atoms with Crippen molar-refractivity contribution in [2.45, 2.75) is 26.4 Å². The standard InChI is InChI=1S/C17H22N6O2/c1-12-3-5-14(6-4-12)23-9-13(2)22(11-16(23)24)17(25)15-10-21(8-7-18)20-19-15/h3-6,10,13H,7-9,11,18H2,1-2H3/t13-/m1/s1. The summed E-state index contributed by atoms with van der Waals surface area (Å²) in [5.74, 6) is -0.391. The van der Waals surface area contributed by atoms with Crippen molar-refractivity contribution in [3.8, 4) is 0 Å². The number of anilines is 1. The first kappa shape index (κ1) is 17.1. The molecular formula is C17H22N6O2. The summed E-state index contributed by atoms with van der Waals surface area (Å²) < 4.78 is 1.53. The number of nitrogens with zero attached hydrogens (tertiary/aromatic N) is 5. The monoisotopic (exact) mass is 342 g/mol. The molecule has 132 valence electrons. The Morgan fingerprint density at radius 3 is 2.72 bits per heavy atom. The van der Waals surface area contributed by atoms with Crippen LogP contribution in [0.15, 0.2) is 30.5 Å². The van der Waals surface area contributed by atoms with Gasteiger partial charge in [0.2, 0.25) is 5.91 Å². The molecule has 8 nitrogen and oxygen atoms in total. The molecule has 25 heavy (non-hydrogen) atoms. The Morgan fingerprint density at radius 2 is 2.04 bits per heavy atom. The molecule has 1 fully saturated rings. The van der Waals surface area contributed by atoms with Gasteiger partial charge >= 0.3 is 0 Å². The van der Waals surface area contributed by atoms with E-state index < -0.39 is 0 Å². The van der Waals surface area contributed by atoms with Crippen molar-refractivity contribution in [2.24, 2.45) is 5.73 Å². The van der Waals surface area contributed by atoms with E-state index in [1.54, 1.807) is 16.0 Å². The average Bonchev–Trinajstić information content (AvgIpc) is 3.06. The van der Waals surface area contributed by atoms with Gasteiger partial charge in [-0.05, 0) is 26.0 Å². The van der Waals surface area contributed by atoms with Crippen molar-refractivity contribution in [3.05, 3.63) is 41.7 Å². The number of hydrogen-bond donors (Lipinski definition) is 1. The highest BCUT2D eigenvalue weighted by molar-refractivity contribution is 6.01. The largest absolute Gasteiger partial charge is 0.329 e. The lowest BCUT2D eigenvalue weighted by atomic mass is 10.1. The maximum atomic E-state index is 12.7. The number of benzene rings is 1. The summed E-state index contributed by atoms with van der Waals surface area (Å²) in [5.41, 5.74) is 7.70. The molecule has 1 aromatic heterocycles. The average molecular weight is 342 g/mol. The number of rotatable bonds is 4. The third-order valence-electron chi connectivity index (χ3n) is 4.31. The summed E-state index contributed by atoms with van der Waals surface area (Å²) in [6.45, 7) is 5.32. The second-order valence-corrected chi connectivity index (χ2v) is 6.28. The van der Waals surface area contributed by atoms with E-state index in [9.17, 15) is 9.59 Å². The Bertz CT molecular complexity index is 770. The molecule has 1 atom stereocenters. The van der Waals surface area contributed by atoms with Gasteiger partial charge < -0.3 is 15.5 Å². The lowest BCUT2D eigenvalue weighted by Crippen LogP contribution is -2.57. The zero-order valence-corrected chi connectivity index (χ0v) is 14.4. The molecule has 0 radical (unpaired) electrons. The lowest BCUT2D eigenvalue weighted by Gasteiger charge is -2.39. The van der Waals surface area contributed by atoms with Crippen molar-refractivity contribution in [1.29, 1.82) is 0 Å². The Labute approximate surface area is 146 Å². The van der Waals surface area contributed by atoms with Crippen LogP contribution in [0.5, 0.6) is 0 Å². The molecule has 0 saturated carbocycles. The SMILES string of the molecule is Cc1ccc(N2C[C@@H](C)N(C(=O)c3cn(CCN)nn3)CC2=O)cc1. The number of nitrogens with two attached hydrogens (primary N) is 1. The maximum Gasteiger partial charge on any atom is 0.276 e. The predicted molar refractivity (Wildman–Crippen MR) is 93.1 cm³/mol. The number of aryl methyl sites for hydroxylation is 1. The van der Waals surface area contributed by atoms with E-state index in [-0.39, 0.29) is 30.1 Å². The number of hydrogen-bond acceptors (Lipinski definition) is 5. The van der Waals surface area contributed by atoms with Crippen LogP contribution in [0, 0.1) is 6.92 Å². The van der Waals surface area contributed by atoms with Crippen LogP contribution >= 0.6 is 0 Å². The van der Waals surface area contributed by atoms with E-state index in [4.69, 9.17) is 5.73 Å². The van der Waals surface area contributed by atoms with Gasteiger partial charge in [-0.1, -0.05) is 22.9 Å². The normalized spacial score (nSPS) is 17.9. The summed E-state index contributed by atoms with van der Waals surface area (Å²) in [7, 11) is 0. The molecule has 1 aliphatic heterocycles. The number of carbonyl (C=O) groups is 2. The first-order valence-electron chi connectivity index (χ1n) is 8.28. The number of carbonyl (C=O) groups excluding carboxylic acids is 2. The second-order valence-electron chi connectivity index (χ2n) is 6.28. The van der Waals surface area contributed by atoms with Crippen LogP contribution in [0.1, 0.15) is 23.0 Å². The van der Waals surface area contributed by atoms with Gasteiger partial charge in [-0.15, -0.1) is 5.10 Å². The zero-order chi connectivity index (χ0) is 18.0. The molecule has 8 heteroatoms. The first-order chi connectivity index (χ1) is 12.0. The van der Waals surface area contributed by atoms with Gasteiger partial charge in [-0.3, -0.25) is 14.3 Å². The van der Waals surface area contributed by atoms with Crippen LogP contribution in [0.2, 0.25) is 0 Å². The van der Waals surface area contributed by atoms with E-state index >= 15 is 0 Å². The first-order valence-corrected chi connectivity index (χ1v) is 8.28. The van der Waals surface area contributed by atoms with Crippen LogP contribution in [-0.2, 0) is 11.3 Å². The Balaban J connectivity index is 1.74. The van der Waals surface area contributed by atoms with Gasteiger partial charge in [-0.2, -0.15) is 0 Å². The molecule has 2 amide bonds. The summed E-state index contributed by atoms with van der Waals surface area (Å²) >= 11 is 0. The van der Waals surface area contributed by atoms with Crippen LogP contribution < -0.4 is 10.6 Å². The number of aromatic nitrogens is 3. The summed E-state index contributed by atoms with van der Waals surface area (Å²) in [4.78, 5) is 28.5. The van der Waals surface area contributed by atoms with Crippen LogP contribution in [-0.4, -0.2) is 57.4 Å². The Hall–Kier alpha value is -2.74. The van der Waals surface area contributed by atoms with E-state index in [0.717, 1.165) is 11.3 Å². The van der Waals surface area contributed by atoms with Crippen molar-refractivity contribution in [1.82, 2.24) is 19.9 Å². The fourth-order valence-electron chi connectivity index (χ4n) is 2.88. The van der Waals surface area contributed by atoms with E-state index in [0.29, 0.717) is 19.6 Å². The Kier molecular flexibility index (Phi) is 4.80. The molecule has 1 aromatic carbocycles. The molecule has 0 spiro atoms. The minimum Gasteiger partial charge on any atom is -0.329 e. The Morgan fingerprint density at radius 1 is 1.32 bits per heavy atom. The number of piperazine rings is 1. The summed E-state index contributed by atoms with van der Waals surface area (Å²) in [5, 5.41) is 7.78. The van der Waals surface area contributed by atoms with E-state index in [1.807, 2.05) is 38.1 Å². The number of amides is 2. The van der Waals surface area contributed by atoms with Crippen LogP contribution in [0.4, 0.5) is 5.69 Å². The quantitative estimate of drug-likeness (QED) is 0.869. The summed E-state index contributed by atoms with van der Waals surface area (Å²) in [6.07, 6.45) is 1.57. The van der Waals surface area contributed by atoms with Crippen molar-refractivity contribution >= 4 is 17.5 Å². The molecule has 3 rings (SSSR count). The zero-order valence-electron chi connectivity index (χ0n) is 14.4. The van der Waals surface area contributed by atoms with Crippen LogP contribution in [0.3, 0.4) is 0 Å².